The van der Waals surface area contributed by atoms with Gasteiger partial charge >= 0.3 is 6.03 Å². The minimum absolute atomic E-state index is 0.249. The number of nitrogens with one attached hydrogen (secondary N) is 1. The second-order valence-electron chi connectivity index (χ2n) is 7.28. The average molecular weight is 396 g/mol. The largest absolute Gasteiger partial charge is 0.497 e. The molecule has 1 aliphatic rings. The van der Waals surface area contributed by atoms with Crippen LogP contribution >= 0.6 is 0 Å². The van der Waals surface area contributed by atoms with Crippen LogP contribution in [-0.4, -0.2) is 44.1 Å². The molecule has 7 heteroatoms. The van der Waals surface area contributed by atoms with E-state index in [4.69, 9.17) is 10.5 Å². The highest BCUT2D eigenvalue weighted by Gasteiger charge is 2.19. The van der Waals surface area contributed by atoms with Crippen LogP contribution in [0.3, 0.4) is 0 Å². The molecule has 3 N–H and O–H groups in total. The van der Waals surface area contributed by atoms with Gasteiger partial charge in [0.25, 0.3) is 0 Å². The maximum absolute atomic E-state index is 12.8. The fourth-order valence-corrected chi connectivity index (χ4v) is 3.49. The zero-order valence-electron chi connectivity index (χ0n) is 17.0. The average Bonchev–Trinajstić information content (AvgIpc) is 2.74. The van der Waals surface area contributed by atoms with E-state index in [2.05, 4.69) is 10.2 Å². The molecule has 0 unspecified atom stereocenters. The number of nitrogens with zero attached hydrogens (tertiary/aromatic N) is 2. The fourth-order valence-electron chi connectivity index (χ4n) is 3.49. The molecule has 1 aliphatic heterocycles. The van der Waals surface area contributed by atoms with E-state index in [1.165, 1.54) is 6.42 Å². The van der Waals surface area contributed by atoms with Gasteiger partial charge in [-0.1, -0.05) is 12.1 Å². The van der Waals surface area contributed by atoms with E-state index in [1.54, 1.807) is 31.2 Å². The Bertz CT molecular complexity index is 861. The molecule has 0 spiro atoms. The van der Waals surface area contributed by atoms with Crippen LogP contribution in [0.2, 0.25) is 0 Å². The quantitative estimate of drug-likeness (QED) is 0.783. The Hall–Kier alpha value is -3.22. The molecule has 7 nitrogen and oxygen atoms in total. The lowest BCUT2D eigenvalue weighted by Gasteiger charge is -2.31. The van der Waals surface area contributed by atoms with Gasteiger partial charge in [0.1, 0.15) is 5.75 Å². The second-order valence-corrected chi connectivity index (χ2v) is 7.28. The molecule has 2 aromatic rings. The molecule has 0 saturated carbocycles. The number of urea groups is 1. The van der Waals surface area contributed by atoms with Gasteiger partial charge in [-0.2, -0.15) is 0 Å². The van der Waals surface area contributed by atoms with Crippen molar-refractivity contribution < 1.29 is 14.3 Å². The number of anilines is 2. The standard InChI is InChI=1S/C22H28N4O3/c1-25(15-16-6-9-18(29-2)10-7-16)22(28)24-19-14-17(21(23)27)8-11-20(19)26-12-4-3-5-13-26/h6-11,14H,3-5,12-13,15H2,1-2H3,(H2,23,27)(H,24,28). The molecule has 1 fully saturated rings. The minimum atomic E-state index is -0.516. The number of piperidine rings is 1. The van der Waals surface area contributed by atoms with Gasteiger partial charge in [-0.15, -0.1) is 0 Å². The highest BCUT2D eigenvalue weighted by Crippen LogP contribution is 2.30. The van der Waals surface area contributed by atoms with Crippen molar-refractivity contribution in [3.63, 3.8) is 0 Å². The normalized spacial score (nSPS) is 13.7. The number of ether oxygens (including phenoxy) is 1. The predicted molar refractivity (Wildman–Crippen MR) is 115 cm³/mol. The number of amides is 3. The number of methoxy groups -OCH3 is 1. The van der Waals surface area contributed by atoms with Crippen LogP contribution in [0.4, 0.5) is 16.2 Å². The molecular formula is C22H28N4O3. The molecule has 1 heterocycles. The van der Waals surface area contributed by atoms with E-state index in [0.29, 0.717) is 17.8 Å². The number of hydrogen-bond acceptors (Lipinski definition) is 4. The summed E-state index contributed by atoms with van der Waals surface area (Å²) >= 11 is 0. The van der Waals surface area contributed by atoms with Gasteiger partial charge in [0.2, 0.25) is 5.91 Å². The Kier molecular flexibility index (Phi) is 6.59. The Balaban J connectivity index is 1.76. The summed E-state index contributed by atoms with van der Waals surface area (Å²) in [5.74, 6) is 0.257. The first kappa shape index (κ1) is 20.5. The lowest BCUT2D eigenvalue weighted by Crippen LogP contribution is -2.33. The van der Waals surface area contributed by atoms with Crippen molar-refractivity contribution in [2.24, 2.45) is 5.73 Å². The molecule has 1 saturated heterocycles. The van der Waals surface area contributed by atoms with Gasteiger partial charge in [0.05, 0.1) is 18.5 Å². The smallest absolute Gasteiger partial charge is 0.321 e. The second kappa shape index (κ2) is 9.32. The van der Waals surface area contributed by atoms with Crippen molar-refractivity contribution in [2.75, 3.05) is 37.5 Å². The molecule has 0 aliphatic carbocycles. The zero-order valence-corrected chi connectivity index (χ0v) is 17.0. The van der Waals surface area contributed by atoms with E-state index in [-0.39, 0.29) is 6.03 Å². The monoisotopic (exact) mass is 396 g/mol. The minimum Gasteiger partial charge on any atom is -0.497 e. The van der Waals surface area contributed by atoms with E-state index in [1.807, 2.05) is 30.3 Å². The first-order chi connectivity index (χ1) is 14.0. The van der Waals surface area contributed by atoms with Gasteiger partial charge in [0, 0.05) is 32.2 Å². The van der Waals surface area contributed by atoms with Gasteiger partial charge in [-0.3, -0.25) is 4.79 Å². The molecule has 154 valence electrons. The Morgan fingerprint density at radius 3 is 2.41 bits per heavy atom. The first-order valence-electron chi connectivity index (χ1n) is 9.82. The van der Waals surface area contributed by atoms with E-state index in [0.717, 1.165) is 42.9 Å². The Morgan fingerprint density at radius 2 is 1.79 bits per heavy atom. The van der Waals surface area contributed by atoms with Crippen molar-refractivity contribution in [3.05, 3.63) is 53.6 Å². The lowest BCUT2D eigenvalue weighted by atomic mass is 10.1. The topological polar surface area (TPSA) is 87.9 Å². The number of nitrogens with two attached hydrogens (primary N) is 1. The summed E-state index contributed by atoms with van der Waals surface area (Å²) in [6.07, 6.45) is 3.44. The molecule has 0 aromatic heterocycles. The molecular weight excluding hydrogens is 368 g/mol. The molecule has 3 amide bonds. The summed E-state index contributed by atoms with van der Waals surface area (Å²) in [4.78, 5) is 28.3. The number of carbonyl (C=O) groups is 2. The maximum atomic E-state index is 12.8. The Morgan fingerprint density at radius 1 is 1.10 bits per heavy atom. The number of hydrogen-bond donors (Lipinski definition) is 2. The van der Waals surface area contributed by atoms with Crippen LogP contribution in [0, 0.1) is 0 Å². The number of primary amides is 1. The molecule has 0 atom stereocenters. The molecule has 29 heavy (non-hydrogen) atoms. The summed E-state index contributed by atoms with van der Waals surface area (Å²) in [5.41, 5.74) is 8.33. The molecule has 0 radical (unpaired) electrons. The van der Waals surface area contributed by atoms with Gasteiger partial charge in [-0.05, 0) is 55.2 Å². The molecule has 3 rings (SSSR count). The van der Waals surface area contributed by atoms with Crippen LogP contribution in [0.25, 0.3) is 0 Å². The third kappa shape index (κ3) is 5.19. The molecule has 0 bridgehead atoms. The molecule has 2 aromatic carbocycles. The van der Waals surface area contributed by atoms with Gasteiger partial charge < -0.3 is 25.6 Å². The van der Waals surface area contributed by atoms with Crippen LogP contribution < -0.4 is 20.7 Å². The van der Waals surface area contributed by atoms with Crippen molar-refractivity contribution in [2.45, 2.75) is 25.8 Å². The third-order valence-corrected chi connectivity index (χ3v) is 5.14. The third-order valence-electron chi connectivity index (χ3n) is 5.14. The maximum Gasteiger partial charge on any atom is 0.321 e. The van der Waals surface area contributed by atoms with E-state index < -0.39 is 5.91 Å². The van der Waals surface area contributed by atoms with Crippen molar-refractivity contribution >= 4 is 23.3 Å². The van der Waals surface area contributed by atoms with Crippen LogP contribution in [0.5, 0.6) is 5.75 Å². The number of benzene rings is 2. The van der Waals surface area contributed by atoms with Crippen LogP contribution in [0.1, 0.15) is 35.2 Å². The van der Waals surface area contributed by atoms with E-state index in [9.17, 15) is 9.59 Å². The van der Waals surface area contributed by atoms with Crippen LogP contribution in [-0.2, 0) is 6.54 Å². The Labute approximate surface area is 171 Å². The summed E-state index contributed by atoms with van der Waals surface area (Å²) in [7, 11) is 3.35. The number of carbonyl (C=O) groups excluding carboxylic acids is 2. The lowest BCUT2D eigenvalue weighted by molar-refractivity contribution is 0.1000. The van der Waals surface area contributed by atoms with Gasteiger partial charge in [0.15, 0.2) is 0 Å². The van der Waals surface area contributed by atoms with Crippen molar-refractivity contribution in [3.8, 4) is 5.75 Å². The first-order valence-corrected chi connectivity index (χ1v) is 9.82. The van der Waals surface area contributed by atoms with Crippen molar-refractivity contribution in [1.29, 1.82) is 0 Å². The SMILES string of the molecule is COc1ccc(CN(C)C(=O)Nc2cc(C(N)=O)ccc2N2CCCCC2)cc1. The van der Waals surface area contributed by atoms with Crippen LogP contribution in [0.15, 0.2) is 42.5 Å². The predicted octanol–water partition coefficient (Wildman–Crippen LogP) is 3.45. The number of rotatable bonds is 6. The van der Waals surface area contributed by atoms with Crippen molar-refractivity contribution in [1.82, 2.24) is 4.90 Å². The fraction of sp³-hybridized carbons (Fsp3) is 0.364. The summed E-state index contributed by atoms with van der Waals surface area (Å²) in [6.45, 7) is 2.31. The van der Waals surface area contributed by atoms with E-state index >= 15 is 0 Å². The highest BCUT2D eigenvalue weighted by molar-refractivity contribution is 5.98. The zero-order chi connectivity index (χ0) is 20.8. The summed E-state index contributed by atoms with van der Waals surface area (Å²) < 4.78 is 5.17. The summed E-state index contributed by atoms with van der Waals surface area (Å²) in [6, 6.07) is 12.6. The van der Waals surface area contributed by atoms with Gasteiger partial charge in [-0.25, -0.2) is 4.79 Å². The summed E-state index contributed by atoms with van der Waals surface area (Å²) in [5, 5.41) is 2.96. The highest BCUT2D eigenvalue weighted by atomic mass is 16.5.